The highest BCUT2D eigenvalue weighted by molar-refractivity contribution is 5.82. The van der Waals surface area contributed by atoms with Crippen molar-refractivity contribution in [2.24, 2.45) is 11.0 Å². The number of carbonyl (C=O) groups excluding carboxylic acids is 2. The first kappa shape index (κ1) is 37.8. The summed E-state index contributed by atoms with van der Waals surface area (Å²) in [6.45, 7) is 3.46. The monoisotopic (exact) mass is 597 g/mol. The number of carboxylic acids is 1. The second-order valence-corrected chi connectivity index (χ2v) is 11.4. The number of hydrogen-bond acceptors (Lipinski definition) is 9. The van der Waals surface area contributed by atoms with Crippen molar-refractivity contribution in [3.63, 3.8) is 0 Å². The van der Waals surface area contributed by atoms with E-state index in [1.165, 1.54) is 70.6 Å². The lowest BCUT2D eigenvalue weighted by atomic mass is 10.0. The number of aliphatic carboxylic acids is 1. The van der Waals surface area contributed by atoms with Gasteiger partial charge in [0.05, 0.1) is 19.1 Å². The van der Waals surface area contributed by atoms with Gasteiger partial charge in [0.25, 0.3) is 0 Å². The Labute approximate surface area is 253 Å². The highest BCUT2D eigenvalue weighted by Gasteiger charge is 2.10. The summed E-state index contributed by atoms with van der Waals surface area (Å²) < 4.78 is 10.8. The van der Waals surface area contributed by atoms with E-state index < -0.39 is 5.97 Å². The number of hydrazine groups is 2. The van der Waals surface area contributed by atoms with Crippen LogP contribution in [0.1, 0.15) is 135 Å². The lowest BCUT2D eigenvalue weighted by molar-refractivity contribution is -0.141. The fourth-order valence-corrected chi connectivity index (χ4v) is 4.76. The quantitative estimate of drug-likeness (QED) is 0.0683. The molecule has 0 unspecified atom stereocenters. The number of amidine groups is 1. The molecule has 244 valence electrons. The van der Waals surface area contributed by atoms with Gasteiger partial charge in [0.15, 0.2) is 0 Å². The third-order valence-electron chi connectivity index (χ3n) is 7.48. The smallest absolute Gasteiger partial charge is 0.306 e. The molecule has 1 atom stereocenters. The van der Waals surface area contributed by atoms with Crippen LogP contribution in [0, 0.1) is 5.92 Å². The molecule has 1 heterocycles. The van der Waals surface area contributed by atoms with Gasteiger partial charge in [0.2, 0.25) is 5.91 Å². The summed E-state index contributed by atoms with van der Waals surface area (Å²) >= 11 is 0. The first-order valence-corrected chi connectivity index (χ1v) is 16.5. The summed E-state index contributed by atoms with van der Waals surface area (Å²) in [4.78, 5) is 34.5. The summed E-state index contributed by atoms with van der Waals surface area (Å²) in [6, 6.07) is 0. The van der Waals surface area contributed by atoms with Gasteiger partial charge in [-0.3, -0.25) is 19.8 Å². The van der Waals surface area contributed by atoms with Crippen molar-refractivity contribution in [2.45, 2.75) is 135 Å². The van der Waals surface area contributed by atoms with E-state index in [1.807, 2.05) is 0 Å². The molecular weight excluding hydrogens is 538 g/mol. The molecule has 1 aliphatic rings. The number of Topliss-reactive ketones (excluding diaryl/α,β-unsaturated/α-hetero) is 1. The minimum Gasteiger partial charge on any atom is -0.481 e. The summed E-state index contributed by atoms with van der Waals surface area (Å²) in [5, 5.41) is 15.7. The summed E-state index contributed by atoms with van der Waals surface area (Å²) in [5.41, 5.74) is 8.44. The van der Waals surface area contributed by atoms with Crippen LogP contribution in [-0.4, -0.2) is 61.6 Å². The summed E-state index contributed by atoms with van der Waals surface area (Å²) in [6.07, 6.45) is 21.6. The van der Waals surface area contributed by atoms with Gasteiger partial charge in [-0.25, -0.2) is 5.53 Å². The molecule has 11 nitrogen and oxygen atoms in total. The van der Waals surface area contributed by atoms with E-state index in [-0.39, 0.29) is 18.4 Å². The Morgan fingerprint density at radius 1 is 0.762 bits per heavy atom. The Balaban J connectivity index is 1.72. The minimum atomic E-state index is -0.784. The molecule has 0 aromatic heterocycles. The van der Waals surface area contributed by atoms with Crippen molar-refractivity contribution >= 4 is 23.5 Å². The lowest BCUT2D eigenvalue weighted by Gasteiger charge is -2.08. The number of nitrogens with one attached hydrogen (secondary N) is 4. The third kappa shape index (κ3) is 24.4. The van der Waals surface area contributed by atoms with Gasteiger partial charge in [-0.2, -0.15) is 0 Å². The maximum absolute atomic E-state index is 12.1. The Morgan fingerprint density at radius 2 is 1.36 bits per heavy atom. The average molecular weight is 598 g/mol. The van der Waals surface area contributed by atoms with Gasteiger partial charge < -0.3 is 19.9 Å². The van der Waals surface area contributed by atoms with Crippen LogP contribution in [0.3, 0.4) is 0 Å². The molecule has 0 fully saturated rings. The van der Waals surface area contributed by atoms with E-state index in [0.717, 1.165) is 44.4 Å². The van der Waals surface area contributed by atoms with Gasteiger partial charge in [-0.1, -0.05) is 84.0 Å². The molecule has 0 radical (unpaired) electrons. The predicted octanol–water partition coefficient (Wildman–Crippen LogP) is 5.15. The molecule has 0 aliphatic carbocycles. The molecule has 0 spiro atoms. The highest BCUT2D eigenvalue weighted by Crippen LogP contribution is 2.14. The van der Waals surface area contributed by atoms with Crippen molar-refractivity contribution in [3.05, 3.63) is 0 Å². The Morgan fingerprint density at radius 3 is 1.98 bits per heavy atom. The number of carboxylic acid groups (broad SMARTS) is 1. The number of ether oxygens (including phenoxy) is 2. The maximum atomic E-state index is 12.1. The van der Waals surface area contributed by atoms with Gasteiger partial charge in [0.1, 0.15) is 18.2 Å². The third-order valence-corrected chi connectivity index (χ3v) is 7.48. The molecule has 0 bridgehead atoms. The van der Waals surface area contributed by atoms with Crippen LogP contribution >= 0.6 is 0 Å². The minimum absolute atomic E-state index is 0.0133. The maximum Gasteiger partial charge on any atom is 0.306 e. The molecule has 1 rings (SSSR count). The van der Waals surface area contributed by atoms with Crippen LogP contribution in [0.5, 0.6) is 0 Å². The van der Waals surface area contributed by atoms with E-state index >= 15 is 0 Å². The molecule has 1 amide bonds. The zero-order valence-corrected chi connectivity index (χ0v) is 26.2. The number of carbonyl (C=O) groups is 3. The van der Waals surface area contributed by atoms with Gasteiger partial charge >= 0.3 is 5.97 Å². The average Bonchev–Trinajstić information content (AvgIpc) is 3.49. The molecule has 0 aromatic rings. The zero-order chi connectivity index (χ0) is 30.5. The number of amides is 1. The van der Waals surface area contributed by atoms with Gasteiger partial charge in [-0.15, -0.1) is 10.6 Å². The number of rotatable bonds is 31. The Bertz CT molecular complexity index is 737. The van der Waals surface area contributed by atoms with Gasteiger partial charge in [-0.05, 0) is 32.1 Å². The Hall–Kier alpha value is -2.24. The molecule has 5 N–H and O–H groups in total. The van der Waals surface area contributed by atoms with Crippen LogP contribution in [0.4, 0.5) is 0 Å². The lowest BCUT2D eigenvalue weighted by Crippen LogP contribution is -2.34. The van der Waals surface area contributed by atoms with Crippen LogP contribution < -0.4 is 21.8 Å². The molecule has 0 saturated heterocycles. The summed E-state index contributed by atoms with van der Waals surface area (Å²) in [5.74, 6) is 0.00623. The van der Waals surface area contributed by atoms with E-state index in [0.29, 0.717) is 51.4 Å². The van der Waals surface area contributed by atoms with E-state index in [1.54, 1.807) is 6.92 Å². The molecule has 1 aliphatic heterocycles. The number of nitrogens with zero attached hydrogens (tertiary/aromatic N) is 1. The molecule has 0 aromatic carbocycles. The second-order valence-electron chi connectivity index (χ2n) is 11.4. The van der Waals surface area contributed by atoms with Crippen LogP contribution in [0.2, 0.25) is 0 Å². The van der Waals surface area contributed by atoms with E-state index in [2.05, 4.69) is 26.9 Å². The summed E-state index contributed by atoms with van der Waals surface area (Å²) in [7, 11) is 0. The van der Waals surface area contributed by atoms with Gasteiger partial charge in [0, 0.05) is 32.4 Å². The SMILES string of the molecule is C[C@@H](CCCCNC(=O)COCCOCCCC(=O)CCCCCCCCCCCCCCCC1=NNNN1)C(=O)O. The van der Waals surface area contributed by atoms with Crippen molar-refractivity contribution < 1.29 is 29.0 Å². The van der Waals surface area contributed by atoms with Crippen LogP contribution in [-0.2, 0) is 23.9 Å². The predicted molar refractivity (Wildman–Crippen MR) is 166 cm³/mol. The number of hydrogen-bond donors (Lipinski definition) is 5. The van der Waals surface area contributed by atoms with Crippen molar-refractivity contribution in [1.82, 2.24) is 21.8 Å². The molecular formula is C31H59N5O6. The van der Waals surface area contributed by atoms with E-state index in [9.17, 15) is 14.4 Å². The van der Waals surface area contributed by atoms with Crippen LogP contribution in [0.25, 0.3) is 0 Å². The van der Waals surface area contributed by atoms with Crippen molar-refractivity contribution in [2.75, 3.05) is 33.0 Å². The van der Waals surface area contributed by atoms with Crippen LogP contribution in [0.15, 0.2) is 5.10 Å². The first-order chi connectivity index (χ1) is 20.5. The number of hydrazone groups is 1. The fraction of sp³-hybridized carbons (Fsp3) is 0.871. The largest absolute Gasteiger partial charge is 0.481 e. The molecule has 11 heteroatoms. The topological polar surface area (TPSA) is 150 Å². The van der Waals surface area contributed by atoms with Crippen molar-refractivity contribution in [1.29, 1.82) is 0 Å². The normalized spacial score (nSPS) is 13.3. The zero-order valence-electron chi connectivity index (χ0n) is 26.2. The van der Waals surface area contributed by atoms with E-state index in [4.69, 9.17) is 14.6 Å². The molecule has 0 saturated carbocycles. The first-order valence-electron chi connectivity index (χ1n) is 16.5. The fourth-order valence-electron chi connectivity index (χ4n) is 4.76. The highest BCUT2D eigenvalue weighted by atomic mass is 16.5. The molecule has 42 heavy (non-hydrogen) atoms. The van der Waals surface area contributed by atoms with Crippen molar-refractivity contribution in [3.8, 4) is 0 Å². The number of ketones is 1. The second kappa shape index (κ2) is 27.6. The standard InChI is InChI=1S/C31H59N5O6/c1-27(31(39)40)18-15-16-22-32-30(38)26-42-25-24-41-23-17-20-28(37)19-13-11-9-7-5-3-2-4-6-8-10-12-14-21-29-33-35-36-34-29/h27,35-36H,2-26H2,1H3,(H,32,38)(H,33,34)(H,39,40)/t27-/m0/s1. The number of unbranched alkanes of at least 4 members (excludes halogenated alkanes) is 13. The Kier molecular flexibility index (Phi) is 24.8.